The van der Waals surface area contributed by atoms with Crippen LogP contribution < -0.4 is 5.32 Å². The zero-order chi connectivity index (χ0) is 14.4. The molecule has 1 aliphatic rings. The maximum Gasteiger partial charge on any atom is 0.272 e. The van der Waals surface area contributed by atoms with Crippen LogP contribution in [0, 0.1) is 5.92 Å². The van der Waals surface area contributed by atoms with Gasteiger partial charge in [-0.3, -0.25) is 9.78 Å². The lowest BCUT2D eigenvalue weighted by Crippen LogP contribution is -2.31. The molecule has 1 aromatic heterocycles. The van der Waals surface area contributed by atoms with Crippen LogP contribution in [0.5, 0.6) is 0 Å². The van der Waals surface area contributed by atoms with Crippen LogP contribution in [-0.4, -0.2) is 46.9 Å². The quantitative estimate of drug-likeness (QED) is 0.876. The Morgan fingerprint density at radius 1 is 1.50 bits per heavy atom. The molecule has 5 heteroatoms. The molecule has 1 unspecified atom stereocenters. The molecule has 1 N–H and O–H groups in total. The summed E-state index contributed by atoms with van der Waals surface area (Å²) in [6, 6.07) is 3.80. The molecule has 0 spiro atoms. The zero-order valence-electron chi connectivity index (χ0n) is 12.3. The first kappa shape index (κ1) is 15.2. The van der Waals surface area contributed by atoms with Crippen molar-refractivity contribution in [3.05, 3.63) is 24.0 Å². The summed E-state index contributed by atoms with van der Waals surface area (Å²) in [5, 5.41) is 3.43. The number of anilines is 1. The van der Waals surface area contributed by atoms with E-state index < -0.39 is 0 Å². The van der Waals surface area contributed by atoms with Gasteiger partial charge in [0, 0.05) is 31.5 Å². The Balaban J connectivity index is 1.97. The van der Waals surface area contributed by atoms with E-state index in [1.807, 2.05) is 37.7 Å². The van der Waals surface area contributed by atoms with Crippen molar-refractivity contribution in [1.29, 1.82) is 0 Å². The third kappa shape index (κ3) is 3.88. The number of carbonyl (C=O) groups excluding carboxylic acids is 1. The second kappa shape index (κ2) is 7.53. The maximum absolute atomic E-state index is 12.3. The van der Waals surface area contributed by atoms with Gasteiger partial charge in [0.15, 0.2) is 0 Å². The van der Waals surface area contributed by atoms with E-state index in [9.17, 15) is 4.79 Å². The highest BCUT2D eigenvalue weighted by Gasteiger charge is 2.16. The second-order valence-corrected chi connectivity index (χ2v) is 6.17. The summed E-state index contributed by atoms with van der Waals surface area (Å²) in [5.74, 6) is 3.27. The molecule has 2 rings (SSSR count). The molecule has 20 heavy (non-hydrogen) atoms. The molecule has 1 amide bonds. The summed E-state index contributed by atoms with van der Waals surface area (Å²) < 4.78 is 0. The van der Waals surface area contributed by atoms with Gasteiger partial charge in [0.2, 0.25) is 0 Å². The highest BCUT2D eigenvalue weighted by molar-refractivity contribution is 7.99. The minimum Gasteiger partial charge on any atom is -0.385 e. The van der Waals surface area contributed by atoms with E-state index in [-0.39, 0.29) is 5.91 Å². The summed E-state index contributed by atoms with van der Waals surface area (Å²) in [6.45, 7) is 6.39. The monoisotopic (exact) mass is 293 g/mol. The number of amides is 1. The van der Waals surface area contributed by atoms with Gasteiger partial charge in [0.1, 0.15) is 5.69 Å². The van der Waals surface area contributed by atoms with E-state index in [2.05, 4.69) is 10.3 Å². The number of rotatable bonds is 6. The molecule has 1 atom stereocenters. The summed E-state index contributed by atoms with van der Waals surface area (Å²) in [6.07, 6.45) is 3.00. The van der Waals surface area contributed by atoms with Crippen molar-refractivity contribution >= 4 is 23.4 Å². The van der Waals surface area contributed by atoms with Crippen molar-refractivity contribution in [2.75, 3.05) is 36.5 Å². The Labute approximate surface area is 125 Å². The fourth-order valence-electron chi connectivity index (χ4n) is 2.34. The van der Waals surface area contributed by atoms with Crippen molar-refractivity contribution in [3.8, 4) is 0 Å². The van der Waals surface area contributed by atoms with Crippen LogP contribution in [0.4, 0.5) is 5.69 Å². The minimum atomic E-state index is 0.00933. The first-order valence-corrected chi connectivity index (χ1v) is 8.47. The fourth-order valence-corrected chi connectivity index (χ4v) is 3.62. The van der Waals surface area contributed by atoms with Crippen LogP contribution in [0.1, 0.15) is 30.8 Å². The lowest BCUT2D eigenvalue weighted by atomic mass is 10.1. The predicted molar refractivity (Wildman–Crippen MR) is 85.4 cm³/mol. The first-order valence-electron chi connectivity index (χ1n) is 7.31. The van der Waals surface area contributed by atoms with Crippen molar-refractivity contribution in [1.82, 2.24) is 9.88 Å². The van der Waals surface area contributed by atoms with Gasteiger partial charge in [-0.1, -0.05) is 0 Å². The Bertz CT molecular complexity index is 442. The van der Waals surface area contributed by atoms with Crippen LogP contribution in [0.25, 0.3) is 0 Å². The maximum atomic E-state index is 12.3. The van der Waals surface area contributed by atoms with Gasteiger partial charge in [-0.05, 0) is 49.8 Å². The molecule has 0 saturated carbocycles. The smallest absolute Gasteiger partial charge is 0.272 e. The van der Waals surface area contributed by atoms with Gasteiger partial charge in [-0.2, -0.15) is 11.8 Å². The van der Waals surface area contributed by atoms with Crippen LogP contribution in [0.3, 0.4) is 0 Å². The number of nitrogens with one attached hydrogen (secondary N) is 1. The van der Waals surface area contributed by atoms with Crippen LogP contribution in [0.15, 0.2) is 18.3 Å². The van der Waals surface area contributed by atoms with Crippen molar-refractivity contribution in [2.45, 2.75) is 20.3 Å². The van der Waals surface area contributed by atoms with Gasteiger partial charge < -0.3 is 10.2 Å². The Morgan fingerprint density at radius 2 is 2.30 bits per heavy atom. The highest BCUT2D eigenvalue weighted by atomic mass is 32.2. The molecule has 2 heterocycles. The Hall–Kier alpha value is -1.23. The number of hydrogen-bond acceptors (Lipinski definition) is 4. The summed E-state index contributed by atoms with van der Waals surface area (Å²) in [7, 11) is 0. The number of thioether (sulfide) groups is 1. The summed E-state index contributed by atoms with van der Waals surface area (Å²) in [4.78, 5) is 18.2. The minimum absolute atomic E-state index is 0.00933. The lowest BCUT2D eigenvalue weighted by molar-refractivity contribution is 0.0767. The fraction of sp³-hybridized carbons (Fsp3) is 0.600. The SMILES string of the molecule is CCN(CC)C(=O)c1cc(NCC2CCSC2)ccn1. The van der Waals surface area contributed by atoms with Gasteiger partial charge >= 0.3 is 0 Å². The van der Waals surface area contributed by atoms with Crippen LogP contribution in [0.2, 0.25) is 0 Å². The molecular weight excluding hydrogens is 270 g/mol. The molecule has 0 radical (unpaired) electrons. The van der Waals surface area contributed by atoms with Gasteiger partial charge in [-0.15, -0.1) is 0 Å². The number of nitrogens with zero attached hydrogens (tertiary/aromatic N) is 2. The topological polar surface area (TPSA) is 45.2 Å². The zero-order valence-corrected chi connectivity index (χ0v) is 13.1. The summed E-state index contributed by atoms with van der Waals surface area (Å²) >= 11 is 2.02. The first-order chi connectivity index (χ1) is 9.74. The van der Waals surface area contributed by atoms with Crippen molar-refractivity contribution < 1.29 is 4.79 Å². The molecule has 1 saturated heterocycles. The number of carbonyl (C=O) groups is 1. The molecule has 4 nitrogen and oxygen atoms in total. The molecule has 0 aromatic carbocycles. The third-order valence-corrected chi connectivity index (χ3v) is 4.88. The van der Waals surface area contributed by atoms with Crippen LogP contribution in [-0.2, 0) is 0 Å². The lowest BCUT2D eigenvalue weighted by Gasteiger charge is -2.18. The third-order valence-electron chi connectivity index (χ3n) is 3.65. The van der Waals surface area contributed by atoms with E-state index >= 15 is 0 Å². The molecule has 0 bridgehead atoms. The van der Waals surface area contributed by atoms with E-state index in [0.29, 0.717) is 18.8 Å². The average molecular weight is 293 g/mol. The van der Waals surface area contributed by atoms with Crippen molar-refractivity contribution in [2.24, 2.45) is 5.92 Å². The molecule has 0 aliphatic carbocycles. The van der Waals surface area contributed by atoms with Crippen LogP contribution >= 0.6 is 11.8 Å². The van der Waals surface area contributed by atoms with E-state index in [4.69, 9.17) is 0 Å². The van der Waals surface area contributed by atoms with Crippen molar-refractivity contribution in [3.63, 3.8) is 0 Å². The van der Waals surface area contributed by atoms with E-state index in [1.54, 1.807) is 11.1 Å². The molecule has 1 fully saturated rings. The predicted octanol–water partition coefficient (Wildman–Crippen LogP) is 2.73. The molecule has 1 aromatic rings. The largest absolute Gasteiger partial charge is 0.385 e. The highest BCUT2D eigenvalue weighted by Crippen LogP contribution is 2.23. The van der Waals surface area contributed by atoms with Gasteiger partial charge in [0.05, 0.1) is 0 Å². The normalized spacial score (nSPS) is 18.0. The standard InChI is InChI=1S/C15H23N3OS/c1-3-18(4-2)15(19)14-9-13(5-7-16-14)17-10-12-6-8-20-11-12/h5,7,9,12H,3-4,6,8,10-11H2,1-2H3,(H,16,17). The number of hydrogen-bond donors (Lipinski definition) is 1. The van der Waals surface area contributed by atoms with E-state index in [1.165, 1.54) is 17.9 Å². The molecule has 1 aliphatic heterocycles. The van der Waals surface area contributed by atoms with E-state index in [0.717, 1.165) is 18.2 Å². The van der Waals surface area contributed by atoms with Gasteiger partial charge in [0.25, 0.3) is 5.91 Å². The molecule has 110 valence electrons. The van der Waals surface area contributed by atoms with Gasteiger partial charge in [-0.25, -0.2) is 0 Å². The average Bonchev–Trinajstić information content (AvgIpc) is 3.00. The Morgan fingerprint density at radius 3 is 2.95 bits per heavy atom. The summed E-state index contributed by atoms with van der Waals surface area (Å²) in [5.41, 5.74) is 1.52. The second-order valence-electron chi connectivity index (χ2n) is 5.02. The Kier molecular flexibility index (Phi) is 5.71. The number of aromatic nitrogens is 1. The molecular formula is C15H23N3OS. The number of pyridine rings is 1.